The summed E-state index contributed by atoms with van der Waals surface area (Å²) in [6.45, 7) is 0.0419. The molecule has 0 radical (unpaired) electrons. The number of ether oxygens (including phenoxy) is 2. The van der Waals surface area contributed by atoms with Gasteiger partial charge in [-0.05, 0) is 30.3 Å². The number of amides is 1. The van der Waals surface area contributed by atoms with Crippen molar-refractivity contribution in [3.63, 3.8) is 0 Å². The van der Waals surface area contributed by atoms with Gasteiger partial charge >= 0.3 is 6.01 Å². The molecule has 0 spiro atoms. The summed E-state index contributed by atoms with van der Waals surface area (Å²) in [6.07, 6.45) is 0.231. The topological polar surface area (TPSA) is 121 Å². The molecule has 28 heavy (non-hydrogen) atoms. The number of sulfone groups is 1. The maximum absolute atomic E-state index is 12.4. The van der Waals surface area contributed by atoms with E-state index in [-0.39, 0.29) is 23.4 Å². The second-order valence-electron chi connectivity index (χ2n) is 6.07. The Morgan fingerprint density at radius 3 is 2.68 bits per heavy atom. The van der Waals surface area contributed by atoms with Crippen LogP contribution in [0.2, 0.25) is 0 Å². The van der Waals surface area contributed by atoms with Crippen molar-refractivity contribution >= 4 is 21.8 Å². The van der Waals surface area contributed by atoms with Crippen LogP contribution in [0.4, 0.5) is 6.01 Å². The Balaban J connectivity index is 1.48. The van der Waals surface area contributed by atoms with E-state index in [0.717, 1.165) is 6.26 Å². The van der Waals surface area contributed by atoms with Crippen LogP contribution in [-0.2, 0) is 14.6 Å². The molecule has 1 amide bonds. The van der Waals surface area contributed by atoms with Gasteiger partial charge in [0, 0.05) is 11.8 Å². The van der Waals surface area contributed by atoms with Gasteiger partial charge in [0.2, 0.25) is 12.0 Å². The summed E-state index contributed by atoms with van der Waals surface area (Å²) < 4.78 is 39.9. The van der Waals surface area contributed by atoms with Crippen molar-refractivity contribution in [3.05, 3.63) is 48.5 Å². The van der Waals surface area contributed by atoms with E-state index in [9.17, 15) is 13.2 Å². The van der Waals surface area contributed by atoms with Crippen LogP contribution in [0.15, 0.2) is 57.8 Å². The van der Waals surface area contributed by atoms with E-state index >= 15 is 0 Å². The van der Waals surface area contributed by atoms with Gasteiger partial charge in [0.05, 0.1) is 4.90 Å². The normalized spacial score (nSPS) is 15.8. The van der Waals surface area contributed by atoms with E-state index in [2.05, 4.69) is 15.5 Å². The first-order valence-corrected chi connectivity index (χ1v) is 10.1. The van der Waals surface area contributed by atoms with Crippen molar-refractivity contribution < 1.29 is 27.1 Å². The Hall–Kier alpha value is -3.40. The SMILES string of the molecule is CS(=O)(=O)c1cccc(-c2nnc(NC(=O)C3COc4ccccc4O3)o2)c1. The molecule has 1 unspecified atom stereocenters. The molecule has 0 saturated carbocycles. The minimum Gasteiger partial charge on any atom is -0.485 e. The highest BCUT2D eigenvalue weighted by molar-refractivity contribution is 7.90. The molecule has 2 aromatic carbocycles. The van der Waals surface area contributed by atoms with E-state index < -0.39 is 21.8 Å². The number of para-hydroxylation sites is 2. The van der Waals surface area contributed by atoms with E-state index in [4.69, 9.17) is 13.9 Å². The first-order chi connectivity index (χ1) is 13.4. The predicted molar refractivity (Wildman–Crippen MR) is 97.8 cm³/mol. The number of nitrogens with zero attached hydrogens (tertiary/aromatic N) is 2. The number of carbonyl (C=O) groups is 1. The summed E-state index contributed by atoms with van der Waals surface area (Å²) in [6, 6.07) is 13.0. The molecular formula is C18H15N3O6S. The molecule has 4 rings (SSSR count). The molecule has 10 heteroatoms. The lowest BCUT2D eigenvalue weighted by atomic mass is 10.2. The maximum Gasteiger partial charge on any atom is 0.322 e. The third-order valence-corrected chi connectivity index (χ3v) is 5.08. The second kappa shape index (κ2) is 6.97. The summed E-state index contributed by atoms with van der Waals surface area (Å²) in [5.41, 5.74) is 0.419. The smallest absolute Gasteiger partial charge is 0.322 e. The minimum atomic E-state index is -3.37. The lowest BCUT2D eigenvalue weighted by Gasteiger charge is -2.24. The van der Waals surface area contributed by atoms with Gasteiger partial charge in [0.25, 0.3) is 5.91 Å². The molecule has 0 fully saturated rings. The fraction of sp³-hybridized carbons (Fsp3) is 0.167. The fourth-order valence-electron chi connectivity index (χ4n) is 2.58. The lowest BCUT2D eigenvalue weighted by molar-refractivity contribution is -0.125. The Morgan fingerprint density at radius 1 is 1.11 bits per heavy atom. The van der Waals surface area contributed by atoms with Crippen molar-refractivity contribution in [1.29, 1.82) is 0 Å². The van der Waals surface area contributed by atoms with Crippen LogP contribution in [0, 0.1) is 0 Å². The van der Waals surface area contributed by atoms with E-state index in [1.807, 2.05) is 0 Å². The molecule has 1 atom stereocenters. The number of hydrogen-bond donors (Lipinski definition) is 1. The predicted octanol–water partition coefficient (Wildman–Crippen LogP) is 1.92. The van der Waals surface area contributed by atoms with Crippen LogP contribution in [-0.4, -0.2) is 43.5 Å². The van der Waals surface area contributed by atoms with Gasteiger partial charge in [-0.2, -0.15) is 0 Å². The molecule has 3 aromatic rings. The number of anilines is 1. The number of fused-ring (bicyclic) bond motifs is 1. The summed E-state index contributed by atoms with van der Waals surface area (Å²) in [5.74, 6) is 0.608. The van der Waals surface area contributed by atoms with Gasteiger partial charge in [0.1, 0.15) is 6.61 Å². The van der Waals surface area contributed by atoms with Crippen molar-refractivity contribution in [3.8, 4) is 23.0 Å². The van der Waals surface area contributed by atoms with Crippen LogP contribution < -0.4 is 14.8 Å². The summed E-state index contributed by atoms with van der Waals surface area (Å²) in [7, 11) is -3.37. The molecule has 1 N–H and O–H groups in total. The summed E-state index contributed by atoms with van der Waals surface area (Å²) in [4.78, 5) is 12.5. The van der Waals surface area contributed by atoms with Gasteiger partial charge in [0.15, 0.2) is 21.3 Å². The molecular weight excluding hydrogens is 386 g/mol. The zero-order valence-electron chi connectivity index (χ0n) is 14.7. The number of aromatic nitrogens is 2. The quantitative estimate of drug-likeness (QED) is 0.704. The van der Waals surface area contributed by atoms with Crippen LogP contribution >= 0.6 is 0 Å². The monoisotopic (exact) mass is 401 g/mol. The average molecular weight is 401 g/mol. The zero-order chi connectivity index (χ0) is 19.7. The molecule has 0 bridgehead atoms. The fourth-order valence-corrected chi connectivity index (χ4v) is 3.25. The van der Waals surface area contributed by atoms with Gasteiger partial charge < -0.3 is 13.9 Å². The molecule has 2 heterocycles. The van der Waals surface area contributed by atoms with Crippen molar-refractivity contribution in [2.75, 3.05) is 18.2 Å². The minimum absolute atomic E-state index is 0.0419. The largest absolute Gasteiger partial charge is 0.485 e. The standard InChI is InChI=1S/C18H15N3O6S/c1-28(23,24)12-6-4-5-11(9-12)17-20-21-18(27-17)19-16(22)15-10-25-13-7-2-3-8-14(13)26-15/h2-9,15H,10H2,1H3,(H,19,21,22). The molecule has 1 aliphatic rings. The van der Waals surface area contributed by atoms with Gasteiger partial charge in [-0.3, -0.25) is 10.1 Å². The number of hydrogen-bond acceptors (Lipinski definition) is 8. The second-order valence-corrected chi connectivity index (χ2v) is 8.08. The molecule has 0 aliphatic carbocycles. The summed E-state index contributed by atoms with van der Waals surface area (Å²) >= 11 is 0. The first-order valence-electron chi connectivity index (χ1n) is 8.23. The van der Waals surface area contributed by atoms with Crippen LogP contribution in [0.5, 0.6) is 11.5 Å². The van der Waals surface area contributed by atoms with Gasteiger partial charge in [-0.25, -0.2) is 8.42 Å². The van der Waals surface area contributed by atoms with Crippen molar-refractivity contribution in [1.82, 2.24) is 10.2 Å². The highest BCUT2D eigenvalue weighted by Crippen LogP contribution is 2.31. The third kappa shape index (κ3) is 3.67. The van der Waals surface area contributed by atoms with Crippen molar-refractivity contribution in [2.24, 2.45) is 0 Å². The maximum atomic E-state index is 12.4. The zero-order valence-corrected chi connectivity index (χ0v) is 15.5. The number of benzene rings is 2. The van der Waals surface area contributed by atoms with E-state index in [1.165, 1.54) is 12.1 Å². The van der Waals surface area contributed by atoms with Gasteiger partial charge in [-0.15, -0.1) is 5.10 Å². The lowest BCUT2D eigenvalue weighted by Crippen LogP contribution is -2.40. The molecule has 1 aromatic heterocycles. The van der Waals surface area contributed by atoms with Crippen LogP contribution in [0.1, 0.15) is 0 Å². The molecule has 1 aliphatic heterocycles. The van der Waals surface area contributed by atoms with E-state index in [1.54, 1.807) is 36.4 Å². The molecule has 144 valence electrons. The number of nitrogens with one attached hydrogen (secondary N) is 1. The average Bonchev–Trinajstić information content (AvgIpc) is 3.15. The number of rotatable bonds is 4. The van der Waals surface area contributed by atoms with Crippen LogP contribution in [0.3, 0.4) is 0 Å². The Bertz CT molecular complexity index is 1140. The molecule has 0 saturated heterocycles. The number of carbonyl (C=O) groups excluding carboxylic acids is 1. The van der Waals surface area contributed by atoms with E-state index in [0.29, 0.717) is 17.1 Å². The Labute approximate surface area is 160 Å². The Morgan fingerprint density at radius 2 is 1.89 bits per heavy atom. The highest BCUT2D eigenvalue weighted by atomic mass is 32.2. The third-order valence-electron chi connectivity index (χ3n) is 3.97. The molecule has 9 nitrogen and oxygen atoms in total. The first kappa shape index (κ1) is 18.0. The summed E-state index contributed by atoms with van der Waals surface area (Å²) in [5, 5.41) is 10.1. The van der Waals surface area contributed by atoms with Crippen LogP contribution in [0.25, 0.3) is 11.5 Å². The van der Waals surface area contributed by atoms with Crippen molar-refractivity contribution in [2.45, 2.75) is 11.0 Å². The van der Waals surface area contributed by atoms with Gasteiger partial charge in [-0.1, -0.05) is 23.3 Å². The highest BCUT2D eigenvalue weighted by Gasteiger charge is 2.28. The Kier molecular flexibility index (Phi) is 4.47.